The molecule has 0 bridgehead atoms. The van der Waals surface area contributed by atoms with Crippen molar-refractivity contribution in [2.24, 2.45) is 0 Å². The Hall–Kier alpha value is -3.15. The van der Waals surface area contributed by atoms with Gasteiger partial charge in [-0.1, -0.05) is 12.1 Å². The number of hydrogen-bond acceptors (Lipinski definition) is 3. The fourth-order valence-corrected chi connectivity index (χ4v) is 2.24. The second-order valence-corrected chi connectivity index (χ2v) is 4.85. The molecule has 116 valence electrons. The van der Waals surface area contributed by atoms with Crippen molar-refractivity contribution in [1.82, 2.24) is 9.78 Å². The van der Waals surface area contributed by atoms with Crippen molar-refractivity contribution in [1.29, 1.82) is 0 Å². The zero-order chi connectivity index (χ0) is 16.4. The van der Waals surface area contributed by atoms with Crippen LogP contribution in [-0.4, -0.2) is 28.0 Å². The van der Waals surface area contributed by atoms with Gasteiger partial charge in [-0.2, -0.15) is 5.10 Å². The molecule has 1 aromatic heterocycles. The van der Waals surface area contributed by atoms with Crippen LogP contribution >= 0.6 is 0 Å². The van der Waals surface area contributed by atoms with E-state index in [1.807, 2.05) is 0 Å². The van der Waals surface area contributed by atoms with Gasteiger partial charge < -0.3 is 9.84 Å². The lowest BCUT2D eigenvalue weighted by molar-refractivity contribution is 0.0697. The molecular formula is C17H13FN2O3. The van der Waals surface area contributed by atoms with Gasteiger partial charge in [-0.05, 0) is 36.4 Å². The Morgan fingerprint density at radius 1 is 1.22 bits per heavy atom. The number of nitrogens with zero attached hydrogens (tertiary/aromatic N) is 2. The molecule has 2 aromatic carbocycles. The first kappa shape index (κ1) is 14.8. The zero-order valence-electron chi connectivity index (χ0n) is 12.2. The number of aromatic nitrogens is 2. The summed E-state index contributed by atoms with van der Waals surface area (Å²) in [5.74, 6) is -0.848. The van der Waals surface area contributed by atoms with E-state index in [2.05, 4.69) is 5.10 Å². The topological polar surface area (TPSA) is 64.4 Å². The van der Waals surface area contributed by atoms with Crippen molar-refractivity contribution in [2.45, 2.75) is 0 Å². The third-order valence-electron chi connectivity index (χ3n) is 3.38. The van der Waals surface area contributed by atoms with Crippen molar-refractivity contribution in [2.75, 3.05) is 7.11 Å². The third kappa shape index (κ3) is 2.91. The van der Waals surface area contributed by atoms with Gasteiger partial charge in [0, 0.05) is 11.8 Å². The number of halogens is 1. The molecule has 3 rings (SSSR count). The summed E-state index contributed by atoms with van der Waals surface area (Å²) >= 11 is 0. The largest absolute Gasteiger partial charge is 0.497 e. The number of carboxylic acid groups (broad SMARTS) is 1. The molecule has 0 atom stereocenters. The summed E-state index contributed by atoms with van der Waals surface area (Å²) in [7, 11) is 1.54. The number of carbonyl (C=O) groups is 1. The maximum atomic E-state index is 13.0. The van der Waals surface area contributed by atoms with E-state index in [0.717, 1.165) is 0 Å². The van der Waals surface area contributed by atoms with Crippen LogP contribution in [0.15, 0.2) is 54.7 Å². The molecule has 0 aliphatic rings. The molecule has 0 aliphatic carbocycles. The van der Waals surface area contributed by atoms with Crippen molar-refractivity contribution in [3.05, 3.63) is 66.1 Å². The molecule has 1 N–H and O–H groups in total. The van der Waals surface area contributed by atoms with Crippen LogP contribution in [0, 0.1) is 5.82 Å². The van der Waals surface area contributed by atoms with Gasteiger partial charge in [0.15, 0.2) is 0 Å². The predicted molar refractivity (Wildman–Crippen MR) is 82.5 cm³/mol. The summed E-state index contributed by atoms with van der Waals surface area (Å²) in [6, 6.07) is 12.6. The average Bonchev–Trinajstić information content (AvgIpc) is 3.01. The Labute approximate surface area is 131 Å². The van der Waals surface area contributed by atoms with E-state index >= 15 is 0 Å². The molecule has 0 unspecified atom stereocenters. The molecule has 1 heterocycles. The average molecular weight is 312 g/mol. The predicted octanol–water partition coefficient (Wildman–Crippen LogP) is 3.39. The molecule has 0 saturated heterocycles. The summed E-state index contributed by atoms with van der Waals surface area (Å²) in [6.45, 7) is 0. The highest BCUT2D eigenvalue weighted by molar-refractivity contribution is 5.94. The molecule has 3 aromatic rings. The standard InChI is InChI=1S/C17H13FN2O3/c1-23-14-4-2-3-11(9-14)16-15(17(21)22)10-20(19-16)13-7-5-12(18)6-8-13/h2-10H,1H3,(H,21,22). The molecule has 6 heteroatoms. The number of benzene rings is 2. The van der Waals surface area contributed by atoms with Crippen LogP contribution in [0.2, 0.25) is 0 Å². The zero-order valence-corrected chi connectivity index (χ0v) is 12.2. The van der Waals surface area contributed by atoms with Crippen molar-refractivity contribution in [3.63, 3.8) is 0 Å². The Balaban J connectivity index is 2.12. The van der Waals surface area contributed by atoms with Gasteiger partial charge in [-0.15, -0.1) is 0 Å². The van der Waals surface area contributed by atoms with Crippen LogP contribution in [0.4, 0.5) is 4.39 Å². The van der Waals surface area contributed by atoms with E-state index in [9.17, 15) is 14.3 Å². The number of ether oxygens (including phenoxy) is 1. The molecule has 5 nitrogen and oxygen atoms in total. The lowest BCUT2D eigenvalue weighted by atomic mass is 10.1. The molecule has 0 spiro atoms. The Morgan fingerprint density at radius 2 is 1.96 bits per heavy atom. The van der Waals surface area contributed by atoms with Gasteiger partial charge in [0.25, 0.3) is 0 Å². The number of hydrogen-bond donors (Lipinski definition) is 1. The number of methoxy groups -OCH3 is 1. The summed E-state index contributed by atoms with van der Waals surface area (Å²) in [4.78, 5) is 11.5. The van der Waals surface area contributed by atoms with Crippen LogP contribution < -0.4 is 4.74 Å². The molecule has 0 aliphatic heterocycles. The normalized spacial score (nSPS) is 10.5. The van der Waals surface area contributed by atoms with E-state index in [-0.39, 0.29) is 11.4 Å². The number of rotatable bonds is 4. The lowest BCUT2D eigenvalue weighted by Crippen LogP contribution is -1.96. The monoisotopic (exact) mass is 312 g/mol. The number of carboxylic acids is 1. The van der Waals surface area contributed by atoms with Gasteiger partial charge in [-0.25, -0.2) is 13.9 Å². The minimum absolute atomic E-state index is 0.0579. The van der Waals surface area contributed by atoms with Gasteiger partial charge in [0.1, 0.15) is 22.8 Å². The quantitative estimate of drug-likeness (QED) is 0.802. The van der Waals surface area contributed by atoms with E-state index in [4.69, 9.17) is 4.74 Å². The van der Waals surface area contributed by atoms with E-state index in [1.165, 1.54) is 42.3 Å². The summed E-state index contributed by atoms with van der Waals surface area (Å²) in [5, 5.41) is 13.7. The van der Waals surface area contributed by atoms with E-state index < -0.39 is 5.97 Å². The smallest absolute Gasteiger partial charge is 0.339 e. The Bertz CT molecular complexity index is 857. The molecule has 0 radical (unpaired) electrons. The summed E-state index contributed by atoms with van der Waals surface area (Å²) in [6.07, 6.45) is 1.41. The maximum Gasteiger partial charge on any atom is 0.339 e. The van der Waals surface area contributed by atoms with Crippen molar-refractivity contribution >= 4 is 5.97 Å². The Morgan fingerprint density at radius 3 is 2.61 bits per heavy atom. The first-order valence-corrected chi connectivity index (χ1v) is 6.82. The third-order valence-corrected chi connectivity index (χ3v) is 3.38. The molecule has 0 amide bonds. The fraction of sp³-hybridized carbons (Fsp3) is 0.0588. The van der Waals surface area contributed by atoms with Gasteiger partial charge in [-0.3, -0.25) is 0 Å². The van der Waals surface area contributed by atoms with Crippen LogP contribution in [0.5, 0.6) is 5.75 Å². The Kier molecular flexibility index (Phi) is 3.80. The van der Waals surface area contributed by atoms with Crippen LogP contribution in [0.3, 0.4) is 0 Å². The minimum Gasteiger partial charge on any atom is -0.497 e. The lowest BCUT2D eigenvalue weighted by Gasteiger charge is -2.03. The van der Waals surface area contributed by atoms with Gasteiger partial charge >= 0.3 is 5.97 Å². The van der Waals surface area contributed by atoms with Crippen LogP contribution in [0.25, 0.3) is 16.9 Å². The van der Waals surface area contributed by atoms with Gasteiger partial charge in [0.05, 0.1) is 12.8 Å². The molecule has 0 fully saturated rings. The van der Waals surface area contributed by atoms with Crippen molar-refractivity contribution in [3.8, 4) is 22.7 Å². The maximum absolute atomic E-state index is 13.0. The fourth-order valence-electron chi connectivity index (χ4n) is 2.24. The first-order chi connectivity index (χ1) is 11.1. The second kappa shape index (κ2) is 5.92. The first-order valence-electron chi connectivity index (χ1n) is 6.82. The second-order valence-electron chi connectivity index (χ2n) is 4.85. The van der Waals surface area contributed by atoms with E-state index in [1.54, 1.807) is 24.3 Å². The summed E-state index contributed by atoms with van der Waals surface area (Å²) < 4.78 is 19.6. The molecular weight excluding hydrogens is 299 g/mol. The highest BCUT2D eigenvalue weighted by Crippen LogP contribution is 2.27. The number of aromatic carboxylic acids is 1. The minimum atomic E-state index is -1.09. The van der Waals surface area contributed by atoms with Crippen LogP contribution in [0.1, 0.15) is 10.4 Å². The van der Waals surface area contributed by atoms with Crippen LogP contribution in [-0.2, 0) is 0 Å². The SMILES string of the molecule is COc1cccc(-c2nn(-c3ccc(F)cc3)cc2C(=O)O)c1. The van der Waals surface area contributed by atoms with Gasteiger partial charge in [0.2, 0.25) is 0 Å². The highest BCUT2D eigenvalue weighted by Gasteiger charge is 2.18. The van der Waals surface area contributed by atoms with E-state index in [0.29, 0.717) is 22.7 Å². The molecule has 0 saturated carbocycles. The molecule has 23 heavy (non-hydrogen) atoms. The van der Waals surface area contributed by atoms with Crippen molar-refractivity contribution < 1.29 is 19.0 Å². The highest BCUT2D eigenvalue weighted by atomic mass is 19.1. The summed E-state index contributed by atoms with van der Waals surface area (Å²) in [5.41, 5.74) is 1.58.